The van der Waals surface area contributed by atoms with Crippen molar-refractivity contribution in [2.24, 2.45) is 17.8 Å². The Labute approximate surface area is 289 Å². The first-order valence-corrected chi connectivity index (χ1v) is 17.6. The lowest BCUT2D eigenvalue weighted by molar-refractivity contribution is 0.0780. The molecular weight excluding hydrogens is 597 g/mol. The van der Waals surface area contributed by atoms with Crippen LogP contribution in [-0.2, 0) is 5.41 Å². The Hall–Kier alpha value is -5.40. The molecule has 6 aromatic rings. The minimum absolute atomic E-state index is 0.290. The summed E-state index contributed by atoms with van der Waals surface area (Å²) in [7, 11) is 0. The van der Waals surface area contributed by atoms with E-state index >= 15 is 0 Å². The topological polar surface area (TPSA) is 62.5 Å². The quantitative estimate of drug-likeness (QED) is 0.182. The van der Waals surface area contributed by atoms with Crippen molar-refractivity contribution in [2.75, 3.05) is 0 Å². The van der Waals surface area contributed by atoms with Gasteiger partial charge in [0.1, 0.15) is 0 Å². The highest BCUT2D eigenvalue weighted by molar-refractivity contribution is 5.91. The third-order valence-corrected chi connectivity index (χ3v) is 10.7. The van der Waals surface area contributed by atoms with Crippen LogP contribution < -0.4 is 0 Å². The minimum atomic E-state index is 0.290. The number of aromatic nitrogens is 3. The van der Waals surface area contributed by atoms with E-state index < -0.39 is 0 Å². The summed E-state index contributed by atoms with van der Waals surface area (Å²) in [4.78, 5) is 15.0. The normalized spacial score (nSPS) is 21.5. The highest BCUT2D eigenvalue weighted by Gasteiger charge is 2.45. The Morgan fingerprint density at radius 2 is 1.08 bits per heavy atom. The van der Waals surface area contributed by atoms with E-state index in [9.17, 15) is 5.26 Å². The van der Waals surface area contributed by atoms with Crippen LogP contribution in [0.4, 0.5) is 0 Å². The Morgan fingerprint density at radius 3 is 1.67 bits per heavy atom. The average Bonchev–Trinajstić information content (AvgIpc) is 3.14. The lowest BCUT2D eigenvalue weighted by atomic mass is 9.54. The summed E-state index contributed by atoms with van der Waals surface area (Å²) >= 11 is 0. The maximum atomic E-state index is 10.0. The first-order chi connectivity index (χ1) is 24.0. The molecule has 4 atom stereocenters. The van der Waals surface area contributed by atoms with Gasteiger partial charge in [-0.05, 0) is 101 Å². The maximum Gasteiger partial charge on any atom is 0.164 e. The molecule has 2 aliphatic carbocycles. The molecule has 2 unspecified atom stereocenters. The van der Waals surface area contributed by atoms with Crippen LogP contribution >= 0.6 is 0 Å². The number of rotatable bonds is 6. The van der Waals surface area contributed by atoms with E-state index in [0.29, 0.717) is 23.0 Å². The van der Waals surface area contributed by atoms with E-state index in [1.165, 1.54) is 43.2 Å². The van der Waals surface area contributed by atoms with Crippen LogP contribution in [-0.4, -0.2) is 15.0 Å². The second-order valence-corrected chi connectivity index (χ2v) is 14.5. The van der Waals surface area contributed by atoms with Crippen LogP contribution in [0.5, 0.6) is 0 Å². The van der Waals surface area contributed by atoms with Gasteiger partial charge in [0.2, 0.25) is 0 Å². The van der Waals surface area contributed by atoms with E-state index in [4.69, 9.17) is 15.0 Å². The first kappa shape index (κ1) is 30.9. The lowest BCUT2D eigenvalue weighted by Gasteiger charge is -2.50. The van der Waals surface area contributed by atoms with E-state index in [0.717, 1.165) is 51.1 Å². The zero-order valence-corrected chi connectivity index (χ0v) is 28.2. The van der Waals surface area contributed by atoms with Gasteiger partial charge in [-0.1, -0.05) is 123 Å². The molecule has 0 N–H and O–H groups in total. The standard InChI is InChI=1S/C45H40N4/c1-30-23-33-24-31(2)27-45(26-30,28-33)37-20-18-34(19-21-37)38-15-9-10-16-39(38)41-25-32(29-46)17-22-40(41)44-48-42(35-11-5-3-6-12-35)47-43(49-44)36-13-7-4-8-14-36/h3-22,25,30-31,33H,23-24,26-28H2,1-2H3/t30-,31+,33?,45?. The van der Waals surface area contributed by atoms with Crippen LogP contribution in [0.1, 0.15) is 57.1 Å². The number of hydrogen-bond acceptors (Lipinski definition) is 4. The van der Waals surface area contributed by atoms with Crippen molar-refractivity contribution in [2.45, 2.75) is 51.4 Å². The average molecular weight is 637 g/mol. The largest absolute Gasteiger partial charge is 0.208 e. The monoisotopic (exact) mass is 636 g/mol. The van der Waals surface area contributed by atoms with Crippen LogP contribution in [0, 0.1) is 29.1 Å². The molecule has 0 spiro atoms. The summed E-state index contributed by atoms with van der Waals surface area (Å²) in [5.41, 5.74) is 9.33. The minimum Gasteiger partial charge on any atom is -0.208 e. The summed E-state index contributed by atoms with van der Waals surface area (Å²) in [5.74, 6) is 4.19. The number of hydrogen-bond donors (Lipinski definition) is 0. The van der Waals surface area contributed by atoms with Gasteiger partial charge in [-0.15, -0.1) is 0 Å². The molecule has 2 fully saturated rings. The Bertz CT molecular complexity index is 2070. The molecule has 0 aliphatic heterocycles. The SMILES string of the molecule is C[C@@H]1CC2C[C@H](C)CC(c3ccc(-c4ccccc4-c4cc(C#N)ccc4-c4nc(-c5ccccc5)nc(-c5ccccc5)n4)cc3)(C2)C1. The van der Waals surface area contributed by atoms with Crippen molar-refractivity contribution in [1.82, 2.24) is 15.0 Å². The van der Waals surface area contributed by atoms with Crippen molar-refractivity contribution in [3.63, 3.8) is 0 Å². The fourth-order valence-electron chi connectivity index (χ4n) is 8.99. The molecule has 2 bridgehead atoms. The summed E-state index contributed by atoms with van der Waals surface area (Å²) in [5, 5.41) is 10.0. The number of nitriles is 1. The van der Waals surface area contributed by atoms with E-state index in [1.807, 2.05) is 78.9 Å². The van der Waals surface area contributed by atoms with Gasteiger partial charge >= 0.3 is 0 Å². The molecule has 0 saturated heterocycles. The van der Waals surface area contributed by atoms with E-state index in [2.05, 4.69) is 68.4 Å². The van der Waals surface area contributed by atoms with E-state index in [1.54, 1.807) is 0 Å². The third-order valence-electron chi connectivity index (χ3n) is 10.7. The molecule has 1 aromatic heterocycles. The van der Waals surface area contributed by atoms with Crippen LogP contribution in [0.3, 0.4) is 0 Å². The molecule has 2 aliphatic rings. The van der Waals surface area contributed by atoms with Crippen molar-refractivity contribution >= 4 is 0 Å². The maximum absolute atomic E-state index is 10.0. The molecule has 4 nitrogen and oxygen atoms in total. The van der Waals surface area contributed by atoms with E-state index in [-0.39, 0.29) is 5.41 Å². The lowest BCUT2D eigenvalue weighted by Crippen LogP contribution is -2.42. The Morgan fingerprint density at radius 1 is 0.531 bits per heavy atom. The summed E-state index contributed by atoms with van der Waals surface area (Å²) in [6, 6.07) is 46.2. The molecular formula is C45H40N4. The number of nitrogens with zero attached hydrogens (tertiary/aromatic N) is 4. The second-order valence-electron chi connectivity index (χ2n) is 14.5. The van der Waals surface area contributed by atoms with Crippen LogP contribution in [0.2, 0.25) is 0 Å². The summed E-state index contributed by atoms with van der Waals surface area (Å²) < 4.78 is 0. The molecule has 1 heterocycles. The Kier molecular flexibility index (Phi) is 8.14. The molecule has 0 radical (unpaired) electrons. The predicted octanol–water partition coefficient (Wildman–Crippen LogP) is 11.2. The molecule has 0 amide bonds. The van der Waals surface area contributed by atoms with Gasteiger partial charge < -0.3 is 0 Å². The van der Waals surface area contributed by atoms with Crippen molar-refractivity contribution in [3.05, 3.63) is 139 Å². The number of benzene rings is 5. The van der Waals surface area contributed by atoms with Gasteiger partial charge in [-0.2, -0.15) is 5.26 Å². The van der Waals surface area contributed by atoms with Crippen LogP contribution in [0.15, 0.2) is 127 Å². The van der Waals surface area contributed by atoms with Gasteiger partial charge in [-0.25, -0.2) is 15.0 Å². The summed E-state index contributed by atoms with van der Waals surface area (Å²) in [6.07, 6.45) is 6.65. The number of fused-ring (bicyclic) bond motifs is 2. The second kappa shape index (κ2) is 12.9. The van der Waals surface area contributed by atoms with Gasteiger partial charge in [-0.3, -0.25) is 0 Å². The fourth-order valence-corrected chi connectivity index (χ4v) is 8.99. The van der Waals surface area contributed by atoms with Gasteiger partial charge in [0.25, 0.3) is 0 Å². The van der Waals surface area contributed by atoms with Crippen molar-refractivity contribution < 1.29 is 0 Å². The van der Waals surface area contributed by atoms with Gasteiger partial charge in [0.15, 0.2) is 17.5 Å². The van der Waals surface area contributed by atoms with Gasteiger partial charge in [0.05, 0.1) is 11.6 Å². The summed E-state index contributed by atoms with van der Waals surface area (Å²) in [6.45, 7) is 4.90. The smallest absolute Gasteiger partial charge is 0.164 e. The molecule has 49 heavy (non-hydrogen) atoms. The highest BCUT2D eigenvalue weighted by atomic mass is 15.0. The molecule has 5 aromatic carbocycles. The predicted molar refractivity (Wildman–Crippen MR) is 198 cm³/mol. The molecule has 4 heteroatoms. The molecule has 8 rings (SSSR count). The Balaban J connectivity index is 1.25. The third kappa shape index (κ3) is 6.07. The first-order valence-electron chi connectivity index (χ1n) is 17.6. The zero-order valence-electron chi connectivity index (χ0n) is 28.2. The van der Waals surface area contributed by atoms with Crippen molar-refractivity contribution in [1.29, 1.82) is 5.26 Å². The molecule has 2 saturated carbocycles. The van der Waals surface area contributed by atoms with Crippen LogP contribution in [0.25, 0.3) is 56.4 Å². The fraction of sp³-hybridized carbons (Fsp3) is 0.244. The van der Waals surface area contributed by atoms with Gasteiger partial charge in [0, 0.05) is 16.7 Å². The van der Waals surface area contributed by atoms with Crippen molar-refractivity contribution in [3.8, 4) is 62.5 Å². The zero-order chi connectivity index (χ0) is 33.4. The highest BCUT2D eigenvalue weighted by Crippen LogP contribution is 2.54. The molecule has 240 valence electrons.